The fourth-order valence-corrected chi connectivity index (χ4v) is 3.81. The molecular formula is C24H34N4O5. The third kappa shape index (κ3) is 7.97. The van der Waals surface area contributed by atoms with Gasteiger partial charge in [0.05, 0.1) is 6.07 Å². The molecule has 0 spiro atoms. The SMILES string of the molecule is Cc1cc(C(C(=O)NC2CCCCC2)N(CC#N)C(=O)CNC(=O)OC(C)(C)C)ccc1O. The quantitative estimate of drug-likeness (QED) is 0.538. The van der Waals surface area contributed by atoms with Gasteiger partial charge in [0.2, 0.25) is 11.8 Å². The van der Waals surface area contributed by atoms with Crippen molar-refractivity contribution in [1.29, 1.82) is 5.26 Å². The highest BCUT2D eigenvalue weighted by molar-refractivity contribution is 5.90. The van der Waals surface area contributed by atoms with Crippen LogP contribution < -0.4 is 10.6 Å². The Balaban J connectivity index is 2.28. The number of nitrogens with zero attached hydrogens (tertiary/aromatic N) is 2. The summed E-state index contributed by atoms with van der Waals surface area (Å²) in [6.45, 7) is 6.02. The van der Waals surface area contributed by atoms with Gasteiger partial charge in [-0.1, -0.05) is 25.3 Å². The number of nitriles is 1. The number of phenols is 1. The van der Waals surface area contributed by atoms with E-state index in [1.807, 2.05) is 6.07 Å². The number of alkyl carbamates (subject to hydrolysis) is 1. The molecule has 3 amide bonds. The molecule has 1 unspecified atom stereocenters. The maximum atomic E-state index is 13.4. The number of ether oxygens (including phenoxy) is 1. The first-order valence-corrected chi connectivity index (χ1v) is 11.2. The van der Waals surface area contributed by atoms with Crippen LogP contribution in [-0.2, 0) is 14.3 Å². The molecular weight excluding hydrogens is 424 g/mol. The first-order chi connectivity index (χ1) is 15.5. The zero-order valence-electron chi connectivity index (χ0n) is 19.8. The molecule has 9 nitrogen and oxygen atoms in total. The fourth-order valence-electron chi connectivity index (χ4n) is 3.81. The lowest BCUT2D eigenvalue weighted by Crippen LogP contribution is -2.49. The Kier molecular flexibility index (Phi) is 9.09. The van der Waals surface area contributed by atoms with Crippen LogP contribution in [0.5, 0.6) is 5.75 Å². The second-order valence-electron chi connectivity index (χ2n) is 9.33. The van der Waals surface area contributed by atoms with Crippen LogP contribution >= 0.6 is 0 Å². The molecule has 2 rings (SSSR count). The van der Waals surface area contributed by atoms with Crippen molar-refractivity contribution >= 4 is 17.9 Å². The fraction of sp³-hybridized carbons (Fsp3) is 0.583. The molecule has 0 saturated heterocycles. The molecule has 1 saturated carbocycles. The number of hydrogen-bond donors (Lipinski definition) is 3. The molecule has 1 atom stereocenters. The van der Waals surface area contributed by atoms with Gasteiger partial charge in [-0.2, -0.15) is 5.26 Å². The molecule has 1 aliphatic carbocycles. The van der Waals surface area contributed by atoms with E-state index in [1.54, 1.807) is 39.8 Å². The van der Waals surface area contributed by atoms with Gasteiger partial charge in [-0.25, -0.2) is 4.79 Å². The van der Waals surface area contributed by atoms with E-state index in [0.29, 0.717) is 11.1 Å². The molecule has 0 bridgehead atoms. The Morgan fingerprint density at radius 3 is 2.48 bits per heavy atom. The van der Waals surface area contributed by atoms with E-state index in [4.69, 9.17) is 4.74 Å². The highest BCUT2D eigenvalue weighted by Gasteiger charge is 2.33. The van der Waals surface area contributed by atoms with Crippen LogP contribution in [0.4, 0.5) is 4.79 Å². The first kappa shape index (κ1) is 26.0. The van der Waals surface area contributed by atoms with Crippen molar-refractivity contribution < 1.29 is 24.2 Å². The Hall–Kier alpha value is -3.28. The van der Waals surface area contributed by atoms with E-state index in [0.717, 1.165) is 37.0 Å². The summed E-state index contributed by atoms with van der Waals surface area (Å²) in [6, 6.07) is 5.51. The number of rotatable bonds is 7. The first-order valence-electron chi connectivity index (χ1n) is 11.2. The molecule has 1 aliphatic rings. The van der Waals surface area contributed by atoms with Gasteiger partial charge in [0.1, 0.15) is 30.5 Å². The van der Waals surface area contributed by atoms with Gasteiger partial charge in [-0.15, -0.1) is 0 Å². The van der Waals surface area contributed by atoms with Crippen molar-refractivity contribution in [3.8, 4) is 11.8 Å². The summed E-state index contributed by atoms with van der Waals surface area (Å²) in [4.78, 5) is 39.5. The van der Waals surface area contributed by atoms with Gasteiger partial charge in [-0.05, 0) is 63.8 Å². The van der Waals surface area contributed by atoms with Crippen LogP contribution in [0.3, 0.4) is 0 Å². The van der Waals surface area contributed by atoms with E-state index in [2.05, 4.69) is 10.6 Å². The van der Waals surface area contributed by atoms with Crippen LogP contribution in [-0.4, -0.2) is 52.6 Å². The smallest absolute Gasteiger partial charge is 0.408 e. The van der Waals surface area contributed by atoms with Crippen molar-refractivity contribution in [2.75, 3.05) is 13.1 Å². The lowest BCUT2D eigenvalue weighted by molar-refractivity contribution is -0.139. The lowest BCUT2D eigenvalue weighted by Gasteiger charge is -2.32. The third-order valence-corrected chi connectivity index (χ3v) is 5.39. The van der Waals surface area contributed by atoms with Crippen LogP contribution in [0, 0.1) is 18.3 Å². The van der Waals surface area contributed by atoms with Gasteiger partial charge in [-0.3, -0.25) is 9.59 Å². The molecule has 1 aromatic rings. The summed E-state index contributed by atoms with van der Waals surface area (Å²) in [5, 5.41) is 24.7. The Morgan fingerprint density at radius 1 is 1.24 bits per heavy atom. The summed E-state index contributed by atoms with van der Waals surface area (Å²) in [7, 11) is 0. The maximum Gasteiger partial charge on any atom is 0.408 e. The maximum absolute atomic E-state index is 13.4. The summed E-state index contributed by atoms with van der Waals surface area (Å²) >= 11 is 0. The number of nitrogens with one attached hydrogen (secondary N) is 2. The Morgan fingerprint density at radius 2 is 1.91 bits per heavy atom. The zero-order valence-corrected chi connectivity index (χ0v) is 19.8. The molecule has 180 valence electrons. The minimum absolute atomic E-state index is 0.00545. The summed E-state index contributed by atoms with van der Waals surface area (Å²) in [5.41, 5.74) is 0.282. The summed E-state index contributed by atoms with van der Waals surface area (Å²) in [6.07, 6.45) is 4.13. The number of carbonyl (C=O) groups excluding carboxylic acids is 3. The molecule has 0 radical (unpaired) electrons. The highest BCUT2D eigenvalue weighted by Crippen LogP contribution is 2.27. The minimum Gasteiger partial charge on any atom is -0.508 e. The van der Waals surface area contributed by atoms with E-state index in [1.165, 1.54) is 6.07 Å². The summed E-state index contributed by atoms with van der Waals surface area (Å²) in [5.74, 6) is -0.931. The molecule has 0 aliphatic heterocycles. The van der Waals surface area contributed by atoms with E-state index >= 15 is 0 Å². The Labute approximate surface area is 195 Å². The third-order valence-electron chi connectivity index (χ3n) is 5.39. The van der Waals surface area contributed by atoms with E-state index in [9.17, 15) is 24.8 Å². The van der Waals surface area contributed by atoms with Crippen molar-refractivity contribution in [1.82, 2.24) is 15.5 Å². The molecule has 1 aromatic carbocycles. The largest absolute Gasteiger partial charge is 0.508 e. The summed E-state index contributed by atoms with van der Waals surface area (Å²) < 4.78 is 5.16. The molecule has 0 heterocycles. The van der Waals surface area contributed by atoms with Crippen molar-refractivity contribution in [3.05, 3.63) is 29.3 Å². The van der Waals surface area contributed by atoms with Crippen LogP contribution in [0.25, 0.3) is 0 Å². The zero-order chi connectivity index (χ0) is 24.6. The number of hydrogen-bond acceptors (Lipinski definition) is 6. The molecule has 1 fully saturated rings. The number of aryl methyl sites for hydroxylation is 1. The molecule has 33 heavy (non-hydrogen) atoms. The van der Waals surface area contributed by atoms with Gasteiger partial charge >= 0.3 is 6.09 Å². The monoisotopic (exact) mass is 458 g/mol. The van der Waals surface area contributed by atoms with Gasteiger partial charge in [0.25, 0.3) is 0 Å². The number of aromatic hydroxyl groups is 1. The average Bonchev–Trinajstić information content (AvgIpc) is 2.73. The van der Waals surface area contributed by atoms with Gasteiger partial charge < -0.3 is 25.4 Å². The van der Waals surface area contributed by atoms with E-state index < -0.39 is 36.1 Å². The number of benzene rings is 1. The standard InChI is InChI=1S/C24H34N4O5/c1-16-14-17(10-11-19(16)29)21(22(31)27-18-8-6-5-7-9-18)28(13-12-25)20(30)15-26-23(32)33-24(2,3)4/h10-11,14,18,21,29H,5-9,13,15H2,1-4H3,(H,26,32)(H,27,31). The van der Waals surface area contributed by atoms with Gasteiger partial charge in [0, 0.05) is 6.04 Å². The second-order valence-corrected chi connectivity index (χ2v) is 9.33. The van der Waals surface area contributed by atoms with Crippen molar-refractivity contribution in [2.45, 2.75) is 77.5 Å². The van der Waals surface area contributed by atoms with Gasteiger partial charge in [0.15, 0.2) is 0 Å². The van der Waals surface area contributed by atoms with Crippen LogP contribution in [0.1, 0.15) is 70.0 Å². The van der Waals surface area contributed by atoms with E-state index in [-0.39, 0.29) is 18.3 Å². The second kappa shape index (κ2) is 11.5. The topological polar surface area (TPSA) is 132 Å². The Bertz CT molecular complexity index is 897. The predicted octanol–water partition coefficient (Wildman–Crippen LogP) is 3.07. The number of phenolic OH excluding ortho intramolecular Hbond substituents is 1. The highest BCUT2D eigenvalue weighted by atomic mass is 16.6. The molecule has 9 heteroatoms. The minimum atomic E-state index is -1.08. The normalized spacial score (nSPS) is 15.1. The molecule has 3 N–H and O–H groups in total. The number of carbonyl (C=O) groups is 3. The van der Waals surface area contributed by atoms with Crippen LogP contribution in [0.2, 0.25) is 0 Å². The molecule has 0 aromatic heterocycles. The van der Waals surface area contributed by atoms with Crippen LogP contribution in [0.15, 0.2) is 18.2 Å². The lowest BCUT2D eigenvalue weighted by atomic mass is 9.94. The number of amides is 3. The van der Waals surface area contributed by atoms with Crippen molar-refractivity contribution in [2.24, 2.45) is 0 Å². The average molecular weight is 459 g/mol. The predicted molar refractivity (Wildman–Crippen MR) is 122 cm³/mol. The van der Waals surface area contributed by atoms with Crippen molar-refractivity contribution in [3.63, 3.8) is 0 Å².